The lowest BCUT2D eigenvalue weighted by molar-refractivity contribution is -0.119. The summed E-state index contributed by atoms with van der Waals surface area (Å²) in [5.41, 5.74) is 4.55. The highest BCUT2D eigenvalue weighted by Crippen LogP contribution is 2.27. The Morgan fingerprint density at radius 2 is 1.94 bits per heavy atom. The number of nitrogens with zero attached hydrogens (tertiary/aromatic N) is 1. The zero-order chi connectivity index (χ0) is 21.8. The van der Waals surface area contributed by atoms with Crippen molar-refractivity contribution < 1.29 is 9.59 Å². The molecule has 2 amide bonds. The van der Waals surface area contributed by atoms with E-state index in [0.29, 0.717) is 23.7 Å². The third kappa shape index (κ3) is 5.09. The van der Waals surface area contributed by atoms with E-state index < -0.39 is 0 Å². The molecule has 1 aliphatic heterocycles. The lowest BCUT2D eigenvalue weighted by atomic mass is 10.0. The predicted molar refractivity (Wildman–Crippen MR) is 126 cm³/mol. The van der Waals surface area contributed by atoms with Crippen LogP contribution < -0.4 is 10.6 Å². The third-order valence-corrected chi connectivity index (χ3v) is 6.78. The van der Waals surface area contributed by atoms with E-state index >= 15 is 0 Å². The van der Waals surface area contributed by atoms with Crippen LogP contribution in [0.1, 0.15) is 31.9 Å². The molecule has 2 heterocycles. The van der Waals surface area contributed by atoms with Crippen LogP contribution in [0, 0.1) is 6.92 Å². The summed E-state index contributed by atoms with van der Waals surface area (Å²) in [5.74, 6) is -0.0858. The second-order valence-corrected chi connectivity index (χ2v) is 9.02. The van der Waals surface area contributed by atoms with Crippen LogP contribution in [0.3, 0.4) is 0 Å². The molecule has 0 aliphatic carbocycles. The van der Waals surface area contributed by atoms with E-state index in [1.807, 2.05) is 42.2 Å². The molecule has 3 aromatic rings. The molecule has 1 aromatic heterocycles. The molecule has 1 aliphatic rings. The molecular formula is C24H24ClN3O2S. The number of halogens is 1. The summed E-state index contributed by atoms with van der Waals surface area (Å²) >= 11 is 7.65. The highest BCUT2D eigenvalue weighted by Gasteiger charge is 2.24. The summed E-state index contributed by atoms with van der Waals surface area (Å²) in [4.78, 5) is 28.7. The number of anilines is 1. The van der Waals surface area contributed by atoms with Crippen molar-refractivity contribution in [3.05, 3.63) is 86.1 Å². The molecule has 4 rings (SSSR count). The molecule has 2 N–H and O–H groups in total. The summed E-state index contributed by atoms with van der Waals surface area (Å²) in [6.07, 6.45) is 0.906. The molecule has 31 heavy (non-hydrogen) atoms. The van der Waals surface area contributed by atoms with Crippen molar-refractivity contribution >= 4 is 40.4 Å². The zero-order valence-electron chi connectivity index (χ0n) is 17.3. The van der Waals surface area contributed by atoms with Crippen LogP contribution in [0.25, 0.3) is 0 Å². The van der Waals surface area contributed by atoms with Crippen LogP contribution in [-0.4, -0.2) is 29.8 Å². The SMILES string of the molecule is Cc1c(NCC(=O)NCc2ccc(Cl)cc2)cccc1C(=O)N1CCc2sccc2C1. The lowest BCUT2D eigenvalue weighted by Gasteiger charge is -2.28. The van der Waals surface area contributed by atoms with E-state index in [-0.39, 0.29) is 18.4 Å². The van der Waals surface area contributed by atoms with Gasteiger partial charge in [0.15, 0.2) is 0 Å². The topological polar surface area (TPSA) is 61.4 Å². The lowest BCUT2D eigenvalue weighted by Crippen LogP contribution is -2.35. The van der Waals surface area contributed by atoms with Crippen LogP contribution >= 0.6 is 22.9 Å². The van der Waals surface area contributed by atoms with Crippen molar-refractivity contribution in [1.29, 1.82) is 0 Å². The van der Waals surface area contributed by atoms with Gasteiger partial charge in [0.1, 0.15) is 0 Å². The molecule has 0 bridgehead atoms. The number of rotatable bonds is 6. The average Bonchev–Trinajstić information content (AvgIpc) is 3.25. The van der Waals surface area contributed by atoms with Crippen LogP contribution in [0.5, 0.6) is 0 Å². The number of hydrogen-bond acceptors (Lipinski definition) is 4. The summed E-state index contributed by atoms with van der Waals surface area (Å²) < 4.78 is 0. The summed E-state index contributed by atoms with van der Waals surface area (Å²) in [6, 6.07) is 15.1. The Labute approximate surface area is 191 Å². The van der Waals surface area contributed by atoms with Gasteiger partial charge in [-0.3, -0.25) is 9.59 Å². The Morgan fingerprint density at radius 3 is 2.74 bits per heavy atom. The van der Waals surface area contributed by atoms with E-state index in [9.17, 15) is 9.59 Å². The minimum Gasteiger partial charge on any atom is -0.376 e. The molecule has 5 nitrogen and oxygen atoms in total. The number of carbonyl (C=O) groups excluding carboxylic acids is 2. The first-order chi connectivity index (χ1) is 15.0. The second-order valence-electron chi connectivity index (χ2n) is 7.58. The van der Waals surface area contributed by atoms with Crippen LogP contribution in [0.2, 0.25) is 5.02 Å². The van der Waals surface area contributed by atoms with E-state index in [1.54, 1.807) is 23.5 Å². The molecule has 0 saturated heterocycles. The van der Waals surface area contributed by atoms with Gasteiger partial charge < -0.3 is 15.5 Å². The van der Waals surface area contributed by atoms with Crippen LogP contribution in [0.15, 0.2) is 53.9 Å². The Bertz CT molecular complexity index is 1090. The molecule has 2 aromatic carbocycles. The number of fused-ring (bicyclic) bond motifs is 1. The Hall–Kier alpha value is -2.83. The first kappa shape index (κ1) is 21.4. The van der Waals surface area contributed by atoms with Gasteiger partial charge in [-0.15, -0.1) is 11.3 Å². The number of thiophene rings is 1. The van der Waals surface area contributed by atoms with Gasteiger partial charge in [-0.2, -0.15) is 0 Å². The van der Waals surface area contributed by atoms with Crippen LogP contribution in [0.4, 0.5) is 5.69 Å². The molecular weight excluding hydrogens is 430 g/mol. The number of nitrogens with one attached hydrogen (secondary N) is 2. The van der Waals surface area contributed by atoms with E-state index in [0.717, 1.165) is 29.8 Å². The number of carbonyl (C=O) groups is 2. The molecule has 0 saturated carbocycles. The smallest absolute Gasteiger partial charge is 0.254 e. The molecule has 0 atom stereocenters. The quantitative estimate of drug-likeness (QED) is 0.571. The van der Waals surface area contributed by atoms with Gasteiger partial charge in [-0.25, -0.2) is 0 Å². The fraction of sp³-hybridized carbons (Fsp3) is 0.250. The van der Waals surface area contributed by atoms with E-state index in [1.165, 1.54) is 10.4 Å². The first-order valence-corrected chi connectivity index (χ1v) is 11.5. The first-order valence-electron chi connectivity index (χ1n) is 10.2. The van der Waals surface area contributed by atoms with Crippen molar-refractivity contribution in [3.8, 4) is 0 Å². The van der Waals surface area contributed by atoms with Gasteiger partial charge in [-0.05, 0) is 65.7 Å². The van der Waals surface area contributed by atoms with Gasteiger partial charge in [0.25, 0.3) is 5.91 Å². The fourth-order valence-electron chi connectivity index (χ4n) is 3.69. The highest BCUT2D eigenvalue weighted by atomic mass is 35.5. The van der Waals surface area contributed by atoms with E-state index in [2.05, 4.69) is 22.1 Å². The standard InChI is InChI=1S/C24H24ClN3O2S/c1-16-20(24(30)28-11-9-22-18(15-28)10-12-31-22)3-2-4-21(16)26-14-23(29)27-13-17-5-7-19(25)8-6-17/h2-8,10,12,26H,9,11,13-15H2,1H3,(H,27,29). The van der Waals surface area contributed by atoms with Crippen molar-refractivity contribution in [2.45, 2.75) is 26.4 Å². The molecule has 0 spiro atoms. The van der Waals surface area contributed by atoms with E-state index in [4.69, 9.17) is 11.6 Å². The van der Waals surface area contributed by atoms with Gasteiger partial charge in [0, 0.05) is 40.8 Å². The molecule has 0 unspecified atom stereocenters. The summed E-state index contributed by atoms with van der Waals surface area (Å²) in [7, 11) is 0. The predicted octanol–water partition coefficient (Wildman–Crippen LogP) is 4.64. The minimum absolute atomic E-state index is 0.0326. The fourth-order valence-corrected chi connectivity index (χ4v) is 4.71. The number of benzene rings is 2. The zero-order valence-corrected chi connectivity index (χ0v) is 18.9. The van der Waals surface area contributed by atoms with Crippen LogP contribution in [-0.2, 0) is 24.3 Å². The van der Waals surface area contributed by atoms with Gasteiger partial charge in [-0.1, -0.05) is 29.8 Å². The summed E-state index contributed by atoms with van der Waals surface area (Å²) in [6.45, 7) is 3.88. The maximum absolute atomic E-state index is 13.1. The third-order valence-electron chi connectivity index (χ3n) is 5.50. The maximum atomic E-state index is 13.1. The highest BCUT2D eigenvalue weighted by molar-refractivity contribution is 7.10. The van der Waals surface area contributed by atoms with Gasteiger partial charge in [0.05, 0.1) is 6.54 Å². The minimum atomic E-state index is -0.118. The number of hydrogen-bond donors (Lipinski definition) is 2. The molecule has 0 fully saturated rings. The monoisotopic (exact) mass is 453 g/mol. The van der Waals surface area contributed by atoms with Crippen molar-refractivity contribution in [3.63, 3.8) is 0 Å². The van der Waals surface area contributed by atoms with Crippen molar-refractivity contribution in [1.82, 2.24) is 10.2 Å². The summed E-state index contributed by atoms with van der Waals surface area (Å²) in [5, 5.41) is 8.81. The Balaban J connectivity index is 1.35. The Morgan fingerprint density at radius 1 is 1.13 bits per heavy atom. The normalized spacial score (nSPS) is 12.9. The molecule has 0 radical (unpaired) electrons. The average molecular weight is 454 g/mol. The van der Waals surface area contributed by atoms with Crippen molar-refractivity contribution in [2.24, 2.45) is 0 Å². The Kier molecular flexibility index (Phi) is 6.59. The van der Waals surface area contributed by atoms with Gasteiger partial charge >= 0.3 is 0 Å². The largest absolute Gasteiger partial charge is 0.376 e. The maximum Gasteiger partial charge on any atom is 0.254 e. The molecule has 160 valence electrons. The second kappa shape index (κ2) is 9.54. The molecule has 7 heteroatoms. The van der Waals surface area contributed by atoms with Gasteiger partial charge in [0.2, 0.25) is 5.91 Å². The number of amides is 2. The van der Waals surface area contributed by atoms with Crippen molar-refractivity contribution in [2.75, 3.05) is 18.4 Å².